The molecule has 0 saturated carbocycles. The van der Waals surface area contributed by atoms with Crippen LogP contribution < -0.4 is 4.90 Å². The van der Waals surface area contributed by atoms with Gasteiger partial charge in [-0.2, -0.15) is 0 Å². The van der Waals surface area contributed by atoms with Crippen molar-refractivity contribution in [3.05, 3.63) is 66.7 Å². The van der Waals surface area contributed by atoms with Gasteiger partial charge in [-0.25, -0.2) is 0 Å². The molecule has 1 fully saturated rings. The molecule has 4 heterocycles. The topological polar surface area (TPSA) is 67.2 Å². The first kappa shape index (κ1) is 15.3. The fourth-order valence-electron chi connectivity index (χ4n) is 2.92. The molecule has 1 aliphatic rings. The Hall–Kier alpha value is -3.22. The highest BCUT2D eigenvalue weighted by Crippen LogP contribution is 2.15. The molecule has 7 heteroatoms. The summed E-state index contributed by atoms with van der Waals surface area (Å²) >= 11 is 0. The zero-order valence-corrected chi connectivity index (χ0v) is 13.7. The van der Waals surface area contributed by atoms with Crippen LogP contribution in [0, 0.1) is 0 Å². The zero-order chi connectivity index (χ0) is 17.1. The van der Waals surface area contributed by atoms with E-state index in [1.165, 1.54) is 0 Å². The van der Waals surface area contributed by atoms with Gasteiger partial charge in [-0.05, 0) is 36.4 Å². The third kappa shape index (κ3) is 3.21. The largest absolute Gasteiger partial charge is 0.352 e. The Morgan fingerprint density at radius 3 is 2.24 bits per heavy atom. The standard InChI is InChI=1S/C18H18N6O/c25-18(15-4-3-7-19-14-15)24-12-10-23(11-13-24)17-6-5-16(20-21-17)22-8-1-2-9-22/h1-9,14H,10-13H2. The van der Waals surface area contributed by atoms with Gasteiger partial charge >= 0.3 is 0 Å². The van der Waals surface area contributed by atoms with Crippen molar-refractivity contribution in [1.82, 2.24) is 24.6 Å². The van der Waals surface area contributed by atoms with Crippen LogP contribution in [0.5, 0.6) is 0 Å². The number of hydrogen-bond donors (Lipinski definition) is 0. The molecule has 1 amide bonds. The molecule has 25 heavy (non-hydrogen) atoms. The molecule has 3 aromatic heterocycles. The van der Waals surface area contributed by atoms with Crippen LogP contribution in [-0.2, 0) is 0 Å². The van der Waals surface area contributed by atoms with E-state index in [1.54, 1.807) is 24.5 Å². The molecule has 7 nitrogen and oxygen atoms in total. The molecule has 4 rings (SSSR count). The molecule has 0 aliphatic carbocycles. The molecular formula is C18H18N6O. The van der Waals surface area contributed by atoms with Gasteiger partial charge in [0.2, 0.25) is 0 Å². The molecule has 1 aliphatic heterocycles. The molecule has 126 valence electrons. The quantitative estimate of drug-likeness (QED) is 0.728. The van der Waals surface area contributed by atoms with E-state index in [1.807, 2.05) is 46.1 Å². The summed E-state index contributed by atoms with van der Waals surface area (Å²) in [6, 6.07) is 11.4. The van der Waals surface area contributed by atoms with Crippen LogP contribution in [0.25, 0.3) is 5.82 Å². The van der Waals surface area contributed by atoms with Crippen molar-refractivity contribution in [2.45, 2.75) is 0 Å². The predicted octanol–water partition coefficient (Wildman–Crippen LogP) is 1.62. The van der Waals surface area contributed by atoms with Gasteiger partial charge < -0.3 is 14.4 Å². The van der Waals surface area contributed by atoms with Gasteiger partial charge in [-0.1, -0.05) is 0 Å². The monoisotopic (exact) mass is 334 g/mol. The average Bonchev–Trinajstić information content (AvgIpc) is 3.23. The number of hydrogen-bond acceptors (Lipinski definition) is 5. The van der Waals surface area contributed by atoms with Gasteiger partial charge in [0.05, 0.1) is 5.56 Å². The van der Waals surface area contributed by atoms with Gasteiger partial charge in [0.1, 0.15) is 0 Å². The lowest BCUT2D eigenvalue weighted by Gasteiger charge is -2.35. The molecule has 0 unspecified atom stereocenters. The minimum absolute atomic E-state index is 0.0294. The first-order chi connectivity index (χ1) is 12.3. The summed E-state index contributed by atoms with van der Waals surface area (Å²) in [5.74, 6) is 1.66. The van der Waals surface area contributed by atoms with Crippen LogP contribution in [0.1, 0.15) is 10.4 Å². The molecule has 0 spiro atoms. The highest BCUT2D eigenvalue weighted by Gasteiger charge is 2.23. The van der Waals surface area contributed by atoms with Crippen molar-refractivity contribution in [1.29, 1.82) is 0 Å². The van der Waals surface area contributed by atoms with Gasteiger partial charge in [-0.15, -0.1) is 10.2 Å². The lowest BCUT2D eigenvalue weighted by Crippen LogP contribution is -2.49. The normalized spacial score (nSPS) is 14.6. The van der Waals surface area contributed by atoms with Gasteiger partial charge in [0.15, 0.2) is 11.6 Å². The van der Waals surface area contributed by atoms with Crippen molar-refractivity contribution < 1.29 is 4.79 Å². The van der Waals surface area contributed by atoms with Crippen LogP contribution in [0.15, 0.2) is 61.2 Å². The first-order valence-electron chi connectivity index (χ1n) is 8.22. The van der Waals surface area contributed by atoms with Crippen LogP contribution in [0.2, 0.25) is 0 Å². The maximum atomic E-state index is 12.5. The number of nitrogens with zero attached hydrogens (tertiary/aromatic N) is 6. The average molecular weight is 334 g/mol. The highest BCUT2D eigenvalue weighted by molar-refractivity contribution is 5.94. The second kappa shape index (κ2) is 6.72. The maximum Gasteiger partial charge on any atom is 0.255 e. The number of aromatic nitrogens is 4. The van der Waals surface area contributed by atoms with Crippen molar-refractivity contribution >= 4 is 11.7 Å². The summed E-state index contributed by atoms with van der Waals surface area (Å²) in [7, 11) is 0. The Morgan fingerprint density at radius 2 is 1.60 bits per heavy atom. The molecular weight excluding hydrogens is 316 g/mol. The molecule has 0 N–H and O–H groups in total. The van der Waals surface area contributed by atoms with Gasteiger partial charge in [-0.3, -0.25) is 9.78 Å². The SMILES string of the molecule is O=C(c1cccnc1)N1CCN(c2ccc(-n3cccc3)nn2)CC1. The minimum Gasteiger partial charge on any atom is -0.352 e. The van der Waals surface area contributed by atoms with E-state index < -0.39 is 0 Å². The Labute approximate surface area is 145 Å². The lowest BCUT2D eigenvalue weighted by molar-refractivity contribution is 0.0746. The smallest absolute Gasteiger partial charge is 0.255 e. The number of carbonyl (C=O) groups is 1. The Morgan fingerprint density at radius 1 is 0.880 bits per heavy atom. The van der Waals surface area contributed by atoms with Crippen LogP contribution in [0.3, 0.4) is 0 Å². The zero-order valence-electron chi connectivity index (χ0n) is 13.7. The van der Waals surface area contributed by atoms with Crippen LogP contribution in [-0.4, -0.2) is 56.7 Å². The molecule has 0 aromatic carbocycles. The third-order valence-corrected chi connectivity index (χ3v) is 4.30. The van der Waals surface area contributed by atoms with Crippen molar-refractivity contribution in [2.75, 3.05) is 31.1 Å². The maximum absolute atomic E-state index is 12.5. The molecule has 0 bridgehead atoms. The van der Waals surface area contributed by atoms with Crippen LogP contribution in [0.4, 0.5) is 5.82 Å². The van der Waals surface area contributed by atoms with E-state index >= 15 is 0 Å². The summed E-state index contributed by atoms with van der Waals surface area (Å²) in [6.45, 7) is 2.80. The molecule has 0 radical (unpaired) electrons. The minimum atomic E-state index is 0.0294. The number of anilines is 1. The van der Waals surface area contributed by atoms with Gasteiger partial charge in [0.25, 0.3) is 5.91 Å². The number of amides is 1. The van der Waals surface area contributed by atoms with E-state index in [0.29, 0.717) is 18.7 Å². The van der Waals surface area contributed by atoms with Crippen molar-refractivity contribution in [3.63, 3.8) is 0 Å². The number of pyridine rings is 1. The molecule has 1 saturated heterocycles. The second-order valence-corrected chi connectivity index (χ2v) is 5.86. The first-order valence-corrected chi connectivity index (χ1v) is 8.22. The summed E-state index contributed by atoms with van der Waals surface area (Å²) in [4.78, 5) is 20.5. The molecule has 3 aromatic rings. The van der Waals surface area contributed by atoms with E-state index in [0.717, 1.165) is 24.7 Å². The summed E-state index contributed by atoms with van der Waals surface area (Å²) < 4.78 is 1.92. The van der Waals surface area contributed by atoms with Gasteiger partial charge in [0, 0.05) is 51.0 Å². The van der Waals surface area contributed by atoms with Crippen LogP contribution >= 0.6 is 0 Å². The second-order valence-electron chi connectivity index (χ2n) is 5.86. The third-order valence-electron chi connectivity index (χ3n) is 4.30. The Bertz CT molecular complexity index is 824. The summed E-state index contributed by atoms with van der Waals surface area (Å²) in [5, 5.41) is 8.61. The summed E-state index contributed by atoms with van der Waals surface area (Å²) in [6.07, 6.45) is 7.16. The highest BCUT2D eigenvalue weighted by atomic mass is 16.2. The molecule has 0 atom stereocenters. The number of carbonyl (C=O) groups excluding carboxylic acids is 1. The fourth-order valence-corrected chi connectivity index (χ4v) is 2.92. The van der Waals surface area contributed by atoms with Crippen molar-refractivity contribution in [2.24, 2.45) is 0 Å². The summed E-state index contributed by atoms with van der Waals surface area (Å²) in [5.41, 5.74) is 0.631. The Kier molecular flexibility index (Phi) is 4.12. The lowest BCUT2D eigenvalue weighted by atomic mass is 10.2. The number of piperazine rings is 1. The number of rotatable bonds is 3. The predicted molar refractivity (Wildman–Crippen MR) is 93.7 cm³/mol. The van der Waals surface area contributed by atoms with E-state index in [4.69, 9.17) is 0 Å². The van der Waals surface area contributed by atoms with E-state index in [2.05, 4.69) is 20.1 Å². The van der Waals surface area contributed by atoms with E-state index in [9.17, 15) is 4.79 Å². The van der Waals surface area contributed by atoms with Crippen molar-refractivity contribution in [3.8, 4) is 5.82 Å². The Balaban J connectivity index is 1.39. The fraction of sp³-hybridized carbons (Fsp3) is 0.222. The van der Waals surface area contributed by atoms with E-state index in [-0.39, 0.29) is 5.91 Å².